The van der Waals surface area contributed by atoms with E-state index >= 15 is 0 Å². The van der Waals surface area contributed by atoms with Crippen LogP contribution in [0.25, 0.3) is 0 Å². The first-order valence-corrected chi connectivity index (χ1v) is 5.68. The van der Waals surface area contributed by atoms with Gasteiger partial charge in [0.05, 0.1) is 12.7 Å². The third-order valence-corrected chi connectivity index (χ3v) is 4.63. The molecule has 0 heterocycles. The summed E-state index contributed by atoms with van der Waals surface area (Å²) < 4.78 is 39.8. The van der Waals surface area contributed by atoms with Crippen molar-refractivity contribution in [2.24, 2.45) is 17.3 Å². The molecule has 3 fully saturated rings. The fraction of sp³-hybridized carbons (Fsp3) is 1.00. The summed E-state index contributed by atoms with van der Waals surface area (Å²) in [5, 5.41) is 20.0. The lowest BCUT2D eigenvalue weighted by Crippen LogP contribution is -2.69. The number of hydrogen-bond acceptors (Lipinski definition) is 3. The Morgan fingerprint density at radius 2 is 1.88 bits per heavy atom. The molecule has 2 bridgehead atoms. The molecule has 0 saturated heterocycles. The molecule has 3 rings (SSSR count). The van der Waals surface area contributed by atoms with E-state index in [0.29, 0.717) is 12.8 Å². The summed E-state index contributed by atoms with van der Waals surface area (Å²) >= 11 is 0. The highest BCUT2D eigenvalue weighted by molar-refractivity contribution is 5.14. The molecular formula is C11H17F3O3. The zero-order valence-corrected chi connectivity index (χ0v) is 9.79. The van der Waals surface area contributed by atoms with Crippen molar-refractivity contribution in [3.63, 3.8) is 0 Å². The van der Waals surface area contributed by atoms with Crippen LogP contribution >= 0.6 is 0 Å². The van der Waals surface area contributed by atoms with Crippen molar-refractivity contribution in [2.45, 2.75) is 44.8 Å². The van der Waals surface area contributed by atoms with Gasteiger partial charge in [-0.2, -0.15) is 0 Å². The maximum Gasteiger partial charge on any atom is 0.522 e. The first kappa shape index (κ1) is 13.1. The highest BCUT2D eigenvalue weighted by Gasteiger charge is 2.65. The number of aliphatic hydroxyl groups is 2. The molecule has 3 nitrogen and oxygen atoms in total. The van der Waals surface area contributed by atoms with Gasteiger partial charge in [-0.25, -0.2) is 0 Å². The standard InChI is InChI=1S/C11H17F3O3/c1-9(2)6-3-7(9)10(16,8(15)4-6)5-17-11(12,13)14/h6-8,15-16H,3-5H2,1-2H3/t6-,7-,8+,10-/m1/s1. The van der Waals surface area contributed by atoms with Gasteiger partial charge in [-0.3, -0.25) is 4.74 Å². The summed E-state index contributed by atoms with van der Waals surface area (Å²) in [6.07, 6.45) is -4.93. The Morgan fingerprint density at radius 3 is 2.35 bits per heavy atom. The van der Waals surface area contributed by atoms with Crippen LogP contribution < -0.4 is 0 Å². The van der Waals surface area contributed by atoms with Gasteiger partial charge in [0, 0.05) is 0 Å². The van der Waals surface area contributed by atoms with E-state index in [4.69, 9.17) is 0 Å². The van der Waals surface area contributed by atoms with E-state index in [-0.39, 0.29) is 17.3 Å². The maximum absolute atomic E-state index is 12.0. The number of hydrogen-bond donors (Lipinski definition) is 2. The molecule has 17 heavy (non-hydrogen) atoms. The minimum atomic E-state index is -4.78. The van der Waals surface area contributed by atoms with Gasteiger partial charge in [-0.05, 0) is 30.1 Å². The number of fused-ring (bicyclic) bond motifs is 2. The Kier molecular flexibility index (Phi) is 2.76. The van der Waals surface area contributed by atoms with Crippen LogP contribution in [0, 0.1) is 17.3 Å². The summed E-state index contributed by atoms with van der Waals surface area (Å²) in [6, 6.07) is 0. The molecule has 0 radical (unpaired) electrons. The number of alkyl halides is 3. The minimum absolute atomic E-state index is 0.233. The molecule has 3 aliphatic rings. The number of halogens is 3. The predicted molar refractivity (Wildman–Crippen MR) is 53.0 cm³/mol. The van der Waals surface area contributed by atoms with E-state index in [9.17, 15) is 23.4 Å². The van der Waals surface area contributed by atoms with Crippen LogP contribution in [0.4, 0.5) is 13.2 Å². The van der Waals surface area contributed by atoms with Crippen LogP contribution in [0.2, 0.25) is 0 Å². The van der Waals surface area contributed by atoms with Crippen LogP contribution in [0.1, 0.15) is 26.7 Å². The summed E-state index contributed by atoms with van der Waals surface area (Å²) in [5.41, 5.74) is -2.02. The van der Waals surface area contributed by atoms with E-state index in [1.807, 2.05) is 13.8 Å². The summed E-state index contributed by atoms with van der Waals surface area (Å²) in [6.45, 7) is 2.94. The normalized spacial score (nSPS) is 44.3. The first-order chi connectivity index (χ1) is 7.57. The fourth-order valence-corrected chi connectivity index (χ4v) is 3.36. The monoisotopic (exact) mass is 254 g/mol. The quantitative estimate of drug-likeness (QED) is 0.788. The van der Waals surface area contributed by atoms with E-state index in [1.54, 1.807) is 0 Å². The van der Waals surface area contributed by atoms with Crippen LogP contribution in [0.3, 0.4) is 0 Å². The van der Waals surface area contributed by atoms with Crippen molar-refractivity contribution in [3.05, 3.63) is 0 Å². The SMILES string of the molecule is CC1(C)[C@@H]2C[C@H]1[C@](O)(COC(F)(F)F)[C@@H](O)C2. The van der Waals surface area contributed by atoms with Crippen molar-refractivity contribution in [1.29, 1.82) is 0 Å². The number of ether oxygens (including phenoxy) is 1. The smallest absolute Gasteiger partial charge is 0.390 e. The lowest BCUT2D eigenvalue weighted by molar-refractivity contribution is -0.360. The van der Waals surface area contributed by atoms with Crippen molar-refractivity contribution in [1.82, 2.24) is 0 Å². The van der Waals surface area contributed by atoms with Crippen LogP contribution in [0.15, 0.2) is 0 Å². The molecule has 0 aromatic rings. The molecular weight excluding hydrogens is 237 g/mol. The Morgan fingerprint density at radius 1 is 1.29 bits per heavy atom. The number of rotatable bonds is 2. The van der Waals surface area contributed by atoms with Crippen molar-refractivity contribution < 1.29 is 28.1 Å². The lowest BCUT2D eigenvalue weighted by atomic mass is 9.43. The van der Waals surface area contributed by atoms with Crippen molar-refractivity contribution >= 4 is 0 Å². The van der Waals surface area contributed by atoms with Crippen LogP contribution in [0.5, 0.6) is 0 Å². The van der Waals surface area contributed by atoms with E-state index < -0.39 is 24.7 Å². The van der Waals surface area contributed by atoms with E-state index in [2.05, 4.69) is 4.74 Å². The van der Waals surface area contributed by atoms with Gasteiger partial charge in [0.25, 0.3) is 0 Å². The molecule has 100 valence electrons. The summed E-state index contributed by atoms with van der Waals surface area (Å²) in [7, 11) is 0. The van der Waals surface area contributed by atoms with Crippen molar-refractivity contribution in [3.8, 4) is 0 Å². The van der Waals surface area contributed by atoms with Crippen LogP contribution in [-0.2, 0) is 4.74 Å². The summed E-state index contributed by atoms with van der Waals surface area (Å²) in [4.78, 5) is 0. The molecule has 0 aromatic heterocycles. The van der Waals surface area contributed by atoms with Gasteiger partial charge in [0.15, 0.2) is 0 Å². The number of aliphatic hydroxyl groups excluding tert-OH is 1. The first-order valence-electron chi connectivity index (χ1n) is 5.68. The second-order valence-corrected chi connectivity index (χ2v) is 5.78. The molecule has 0 unspecified atom stereocenters. The molecule has 2 N–H and O–H groups in total. The molecule has 6 heteroatoms. The lowest BCUT2D eigenvalue weighted by Gasteiger charge is -2.64. The Labute approximate surface area is 97.6 Å². The molecule has 0 amide bonds. The molecule has 0 aromatic carbocycles. The Balaban J connectivity index is 2.11. The van der Waals surface area contributed by atoms with E-state index in [0.717, 1.165) is 0 Å². The van der Waals surface area contributed by atoms with Crippen molar-refractivity contribution in [2.75, 3.05) is 6.61 Å². The molecule has 3 saturated carbocycles. The zero-order chi connectivity index (χ0) is 13.1. The maximum atomic E-state index is 12.0. The average Bonchev–Trinajstić information content (AvgIpc) is 2.18. The third-order valence-electron chi connectivity index (χ3n) is 4.63. The topological polar surface area (TPSA) is 49.7 Å². The van der Waals surface area contributed by atoms with Crippen LogP contribution in [-0.4, -0.2) is 34.9 Å². The van der Waals surface area contributed by atoms with E-state index in [1.165, 1.54) is 0 Å². The molecule has 0 aliphatic heterocycles. The molecule has 0 spiro atoms. The van der Waals surface area contributed by atoms with Gasteiger partial charge in [-0.1, -0.05) is 13.8 Å². The highest BCUT2D eigenvalue weighted by atomic mass is 19.4. The molecule has 4 atom stereocenters. The second kappa shape index (κ2) is 3.59. The molecule has 3 aliphatic carbocycles. The average molecular weight is 254 g/mol. The van der Waals surface area contributed by atoms with Gasteiger partial charge in [-0.15, -0.1) is 13.2 Å². The fourth-order valence-electron chi connectivity index (χ4n) is 3.36. The minimum Gasteiger partial charge on any atom is -0.390 e. The Bertz CT molecular complexity index is 316. The van der Waals surface area contributed by atoms with Gasteiger partial charge in [0.1, 0.15) is 5.60 Å². The summed E-state index contributed by atoms with van der Waals surface area (Å²) in [5.74, 6) is -0.0697. The Hall–Kier alpha value is -0.330. The van der Waals surface area contributed by atoms with Gasteiger partial charge >= 0.3 is 6.36 Å². The van der Waals surface area contributed by atoms with Gasteiger partial charge in [0.2, 0.25) is 0 Å². The third kappa shape index (κ3) is 1.96. The predicted octanol–water partition coefficient (Wildman–Crippen LogP) is 1.68. The van der Waals surface area contributed by atoms with Gasteiger partial charge < -0.3 is 10.2 Å². The largest absolute Gasteiger partial charge is 0.522 e. The second-order valence-electron chi connectivity index (χ2n) is 5.78. The highest BCUT2D eigenvalue weighted by Crippen LogP contribution is 2.62. The zero-order valence-electron chi connectivity index (χ0n) is 9.79.